The number of halogens is 4. The number of benzene rings is 3. The summed E-state index contributed by atoms with van der Waals surface area (Å²) in [5.41, 5.74) is 0.200. The SMILES string of the molecule is CC(C)(C)C1C(C(=O)c2cc(Cl)ccc2Cl)C(c2ccccc2)N(C(=O)c2cc(Cl)cc(Cl)c2)C1C(=O)O. The number of nitrogens with zero attached hydrogens (tertiary/aromatic N) is 1. The normalized spacial score (nSPS) is 21.4. The number of amides is 1. The highest BCUT2D eigenvalue weighted by atomic mass is 35.5. The number of carbonyl (C=O) groups excluding carboxylic acids is 2. The molecule has 3 aromatic carbocycles. The fourth-order valence-electron chi connectivity index (χ4n) is 5.47. The van der Waals surface area contributed by atoms with Crippen LogP contribution in [0.2, 0.25) is 20.1 Å². The van der Waals surface area contributed by atoms with Gasteiger partial charge in [-0.25, -0.2) is 4.79 Å². The van der Waals surface area contributed by atoms with Crippen molar-refractivity contribution in [3.63, 3.8) is 0 Å². The molecule has 1 aliphatic rings. The highest BCUT2D eigenvalue weighted by Gasteiger charge is 2.60. The molecule has 1 N–H and O–H groups in total. The lowest BCUT2D eigenvalue weighted by Crippen LogP contribution is -2.47. The van der Waals surface area contributed by atoms with Gasteiger partial charge in [0.05, 0.1) is 17.0 Å². The number of Topliss-reactive ketones (excluding diaryl/α,β-unsaturated/α-hetero) is 1. The van der Waals surface area contributed by atoms with Crippen LogP contribution in [0.5, 0.6) is 0 Å². The molecule has 1 saturated heterocycles. The molecule has 5 nitrogen and oxygen atoms in total. The largest absolute Gasteiger partial charge is 0.480 e. The highest BCUT2D eigenvalue weighted by Crippen LogP contribution is 2.53. The third-order valence-corrected chi connectivity index (χ3v) is 7.90. The van der Waals surface area contributed by atoms with Gasteiger partial charge in [-0.15, -0.1) is 0 Å². The molecule has 0 aromatic heterocycles. The summed E-state index contributed by atoms with van der Waals surface area (Å²) in [5, 5.41) is 11.5. The van der Waals surface area contributed by atoms with Crippen molar-refractivity contribution in [2.45, 2.75) is 32.9 Å². The second-order valence-electron chi connectivity index (χ2n) is 10.4. The molecule has 1 amide bonds. The van der Waals surface area contributed by atoms with E-state index in [-0.39, 0.29) is 26.2 Å². The molecule has 9 heteroatoms. The van der Waals surface area contributed by atoms with Crippen LogP contribution in [-0.4, -0.2) is 33.7 Å². The zero-order valence-electron chi connectivity index (χ0n) is 20.8. The van der Waals surface area contributed by atoms with Crippen LogP contribution in [0.15, 0.2) is 66.7 Å². The van der Waals surface area contributed by atoms with E-state index in [1.807, 2.05) is 26.8 Å². The first-order valence-electron chi connectivity index (χ1n) is 11.9. The maximum Gasteiger partial charge on any atom is 0.326 e. The average Bonchev–Trinajstić information content (AvgIpc) is 3.21. The number of hydrogen-bond donors (Lipinski definition) is 1. The molecule has 1 aliphatic heterocycles. The van der Waals surface area contributed by atoms with Gasteiger partial charge in [-0.2, -0.15) is 0 Å². The van der Waals surface area contributed by atoms with Crippen LogP contribution in [0.3, 0.4) is 0 Å². The van der Waals surface area contributed by atoms with Gasteiger partial charge in [0.25, 0.3) is 5.91 Å². The third-order valence-electron chi connectivity index (χ3n) is 6.90. The first-order valence-corrected chi connectivity index (χ1v) is 13.4. The molecule has 0 radical (unpaired) electrons. The number of aliphatic carboxylic acids is 1. The second kappa shape index (κ2) is 10.9. The Morgan fingerprint density at radius 1 is 0.816 bits per heavy atom. The van der Waals surface area contributed by atoms with Crippen molar-refractivity contribution < 1.29 is 19.5 Å². The van der Waals surface area contributed by atoms with Gasteiger partial charge in [-0.05, 0) is 47.4 Å². The van der Waals surface area contributed by atoms with Crippen LogP contribution < -0.4 is 0 Å². The van der Waals surface area contributed by atoms with Gasteiger partial charge in [0, 0.05) is 32.1 Å². The minimum absolute atomic E-state index is 0.122. The third kappa shape index (κ3) is 5.43. The maximum atomic E-state index is 14.3. The molecule has 4 atom stereocenters. The summed E-state index contributed by atoms with van der Waals surface area (Å²) in [6.07, 6.45) is 0. The van der Waals surface area contributed by atoms with Crippen molar-refractivity contribution in [2.24, 2.45) is 17.3 Å². The maximum absolute atomic E-state index is 14.3. The zero-order chi connectivity index (χ0) is 27.9. The molecule has 0 bridgehead atoms. The Kier molecular flexibility index (Phi) is 8.15. The topological polar surface area (TPSA) is 74.7 Å². The molecule has 4 rings (SSSR count). The Labute approximate surface area is 241 Å². The Morgan fingerprint density at radius 2 is 1.42 bits per heavy atom. The monoisotopic (exact) mass is 591 g/mol. The Morgan fingerprint density at radius 3 is 1.97 bits per heavy atom. The number of hydrogen-bond acceptors (Lipinski definition) is 3. The van der Waals surface area contributed by atoms with E-state index in [0.29, 0.717) is 10.6 Å². The summed E-state index contributed by atoms with van der Waals surface area (Å²) in [6.45, 7) is 5.58. The van der Waals surface area contributed by atoms with Crippen LogP contribution in [0.25, 0.3) is 0 Å². The molecule has 1 heterocycles. The van der Waals surface area contributed by atoms with Crippen molar-refractivity contribution in [3.8, 4) is 0 Å². The van der Waals surface area contributed by atoms with E-state index in [2.05, 4.69) is 0 Å². The minimum Gasteiger partial charge on any atom is -0.480 e. The van der Waals surface area contributed by atoms with Crippen LogP contribution in [-0.2, 0) is 4.79 Å². The summed E-state index contributed by atoms with van der Waals surface area (Å²) in [6, 6.07) is 15.6. The van der Waals surface area contributed by atoms with Gasteiger partial charge in [-0.1, -0.05) is 97.5 Å². The Bertz CT molecular complexity index is 1380. The second-order valence-corrected chi connectivity index (χ2v) is 12.1. The highest BCUT2D eigenvalue weighted by molar-refractivity contribution is 6.36. The number of carbonyl (C=O) groups is 3. The number of rotatable bonds is 5. The van der Waals surface area contributed by atoms with Gasteiger partial charge < -0.3 is 10.0 Å². The molecule has 1 fully saturated rings. The van der Waals surface area contributed by atoms with Gasteiger partial charge in [0.2, 0.25) is 0 Å². The molecular formula is C29H25Cl4NO4. The van der Waals surface area contributed by atoms with Crippen LogP contribution in [0.1, 0.15) is 53.1 Å². The molecule has 198 valence electrons. The quantitative estimate of drug-likeness (QED) is 0.304. The van der Waals surface area contributed by atoms with Crippen molar-refractivity contribution in [2.75, 3.05) is 0 Å². The molecular weight excluding hydrogens is 568 g/mol. The molecule has 38 heavy (non-hydrogen) atoms. The smallest absolute Gasteiger partial charge is 0.326 e. The summed E-state index contributed by atoms with van der Waals surface area (Å²) in [7, 11) is 0. The fraction of sp³-hybridized carbons (Fsp3) is 0.276. The first-order chi connectivity index (χ1) is 17.8. The van der Waals surface area contributed by atoms with E-state index >= 15 is 0 Å². The lowest BCUT2D eigenvalue weighted by molar-refractivity contribution is -0.144. The Hall–Kier alpha value is -2.57. The molecule has 0 spiro atoms. The Balaban J connectivity index is 2.01. The van der Waals surface area contributed by atoms with Gasteiger partial charge in [-0.3, -0.25) is 9.59 Å². The van der Waals surface area contributed by atoms with Crippen LogP contribution in [0.4, 0.5) is 0 Å². The van der Waals surface area contributed by atoms with Crippen molar-refractivity contribution in [1.82, 2.24) is 4.90 Å². The van der Waals surface area contributed by atoms with Crippen molar-refractivity contribution >= 4 is 64.1 Å². The number of carboxylic acids is 1. The van der Waals surface area contributed by atoms with E-state index in [4.69, 9.17) is 46.4 Å². The van der Waals surface area contributed by atoms with Crippen LogP contribution in [0, 0.1) is 17.3 Å². The number of carboxylic acid groups (broad SMARTS) is 1. The van der Waals surface area contributed by atoms with Gasteiger partial charge in [0.15, 0.2) is 5.78 Å². The van der Waals surface area contributed by atoms with E-state index in [1.165, 1.54) is 35.2 Å². The average molecular weight is 593 g/mol. The van der Waals surface area contributed by atoms with E-state index in [9.17, 15) is 19.5 Å². The van der Waals surface area contributed by atoms with Gasteiger partial charge in [0.1, 0.15) is 6.04 Å². The lowest BCUT2D eigenvalue weighted by atomic mass is 9.67. The molecule has 0 aliphatic carbocycles. The summed E-state index contributed by atoms with van der Waals surface area (Å²) in [5.74, 6) is -3.95. The first kappa shape index (κ1) is 28.4. The summed E-state index contributed by atoms with van der Waals surface area (Å²) in [4.78, 5) is 42.7. The number of likely N-dealkylation sites (tertiary alicyclic amines) is 1. The lowest BCUT2D eigenvalue weighted by Gasteiger charge is -2.34. The minimum atomic E-state index is -1.34. The molecule has 4 unspecified atom stereocenters. The predicted octanol–water partition coefficient (Wildman–Crippen LogP) is 8.11. The van der Waals surface area contributed by atoms with Crippen molar-refractivity contribution in [1.29, 1.82) is 0 Å². The molecule has 3 aromatic rings. The summed E-state index contributed by atoms with van der Waals surface area (Å²) < 4.78 is 0. The molecule has 0 saturated carbocycles. The van der Waals surface area contributed by atoms with Gasteiger partial charge >= 0.3 is 5.97 Å². The van der Waals surface area contributed by atoms with E-state index in [0.717, 1.165) is 0 Å². The number of ketones is 1. The predicted molar refractivity (Wildman–Crippen MR) is 150 cm³/mol. The standard InChI is InChI=1S/C29H25Cl4NO4/c1-29(2,3)23-22(26(35)20-14-17(30)9-10-21(20)33)24(15-7-5-4-6-8-15)34(25(23)28(37)38)27(36)16-11-18(31)13-19(32)12-16/h4-14,22-25H,1-3H3,(H,37,38). The fourth-order valence-corrected chi connectivity index (χ4v) is 6.38. The van der Waals surface area contributed by atoms with E-state index in [1.54, 1.807) is 30.3 Å². The van der Waals surface area contributed by atoms with Crippen LogP contribution >= 0.6 is 46.4 Å². The zero-order valence-corrected chi connectivity index (χ0v) is 23.8. The summed E-state index contributed by atoms with van der Waals surface area (Å²) >= 11 is 25.1. The van der Waals surface area contributed by atoms with E-state index < -0.39 is 47.0 Å². The van der Waals surface area contributed by atoms with Crippen molar-refractivity contribution in [3.05, 3.63) is 104 Å².